The van der Waals surface area contributed by atoms with Gasteiger partial charge in [-0.1, -0.05) is 12.8 Å². The van der Waals surface area contributed by atoms with Gasteiger partial charge in [-0.3, -0.25) is 9.80 Å². The molecule has 0 N–H and O–H groups in total. The van der Waals surface area contributed by atoms with Crippen molar-refractivity contribution in [3.8, 4) is 0 Å². The van der Waals surface area contributed by atoms with Gasteiger partial charge in [0, 0.05) is 25.7 Å². The summed E-state index contributed by atoms with van der Waals surface area (Å²) in [6.45, 7) is 10.2. The summed E-state index contributed by atoms with van der Waals surface area (Å²) in [5.74, 6) is 0. The fraction of sp³-hybridized carbons (Fsp3) is 1.00. The normalized spacial score (nSPS) is 28.2. The third-order valence-corrected chi connectivity index (χ3v) is 4.39. The summed E-state index contributed by atoms with van der Waals surface area (Å²) in [6, 6.07) is 0.818. The van der Waals surface area contributed by atoms with E-state index in [0.717, 1.165) is 25.8 Å². The molecule has 0 radical (unpaired) electrons. The molecule has 0 unspecified atom stereocenters. The Labute approximate surface area is 112 Å². The van der Waals surface area contributed by atoms with Crippen LogP contribution in [0.2, 0.25) is 0 Å². The molecule has 0 bridgehead atoms. The summed E-state index contributed by atoms with van der Waals surface area (Å²) in [6.07, 6.45) is 8.48. The Morgan fingerprint density at radius 2 is 1.78 bits per heavy atom. The Balaban J connectivity index is 1.74. The summed E-state index contributed by atoms with van der Waals surface area (Å²) in [5.41, 5.74) is 0. The molecular weight excluding hydrogens is 224 g/mol. The van der Waals surface area contributed by atoms with Crippen molar-refractivity contribution in [2.75, 3.05) is 45.9 Å². The zero-order chi connectivity index (χ0) is 12.6. The van der Waals surface area contributed by atoms with E-state index in [1.54, 1.807) is 0 Å². The molecule has 0 aromatic carbocycles. The highest BCUT2D eigenvalue weighted by Crippen LogP contribution is 2.19. The minimum absolute atomic E-state index is 0.818. The van der Waals surface area contributed by atoms with Crippen molar-refractivity contribution in [2.45, 2.75) is 51.5 Å². The molecule has 2 saturated heterocycles. The number of ether oxygens (including phenoxy) is 1. The minimum Gasteiger partial charge on any atom is -0.380 e. The van der Waals surface area contributed by atoms with Crippen LogP contribution >= 0.6 is 0 Å². The van der Waals surface area contributed by atoms with Crippen molar-refractivity contribution in [3.63, 3.8) is 0 Å². The van der Waals surface area contributed by atoms with Crippen LogP contribution in [0.25, 0.3) is 0 Å². The maximum absolute atomic E-state index is 5.48. The van der Waals surface area contributed by atoms with Crippen LogP contribution < -0.4 is 0 Å². The van der Waals surface area contributed by atoms with E-state index in [-0.39, 0.29) is 0 Å². The van der Waals surface area contributed by atoms with Crippen LogP contribution in [0.3, 0.4) is 0 Å². The van der Waals surface area contributed by atoms with Gasteiger partial charge in [0.1, 0.15) is 0 Å². The van der Waals surface area contributed by atoms with E-state index < -0.39 is 0 Å². The predicted molar refractivity (Wildman–Crippen MR) is 76.0 cm³/mol. The van der Waals surface area contributed by atoms with E-state index in [1.165, 1.54) is 64.7 Å². The van der Waals surface area contributed by atoms with Gasteiger partial charge in [-0.15, -0.1) is 0 Å². The molecule has 2 aliphatic rings. The SMILES string of the molecule is CCOCCN1CCC[C@@H](N2CCCCCC2)C1. The number of likely N-dealkylation sites (tertiary alicyclic amines) is 2. The quantitative estimate of drug-likeness (QED) is 0.701. The van der Waals surface area contributed by atoms with Gasteiger partial charge in [0.25, 0.3) is 0 Å². The first-order valence-corrected chi connectivity index (χ1v) is 7.94. The predicted octanol–water partition coefficient (Wildman–Crippen LogP) is 2.36. The van der Waals surface area contributed by atoms with E-state index in [1.807, 2.05) is 0 Å². The average molecular weight is 254 g/mol. The Kier molecular flexibility index (Phi) is 6.46. The molecule has 2 fully saturated rings. The van der Waals surface area contributed by atoms with Crippen LogP contribution in [-0.4, -0.2) is 61.8 Å². The zero-order valence-electron chi connectivity index (χ0n) is 12.1. The highest BCUT2D eigenvalue weighted by atomic mass is 16.5. The molecule has 0 amide bonds. The van der Waals surface area contributed by atoms with Crippen molar-refractivity contribution < 1.29 is 4.74 Å². The second kappa shape index (κ2) is 8.13. The van der Waals surface area contributed by atoms with Gasteiger partial charge in [0.2, 0.25) is 0 Å². The van der Waals surface area contributed by atoms with Gasteiger partial charge in [-0.2, -0.15) is 0 Å². The van der Waals surface area contributed by atoms with Crippen molar-refractivity contribution in [1.82, 2.24) is 9.80 Å². The summed E-state index contributed by atoms with van der Waals surface area (Å²) in [4.78, 5) is 5.37. The molecule has 2 heterocycles. The number of nitrogens with zero attached hydrogens (tertiary/aromatic N) is 2. The van der Waals surface area contributed by atoms with Crippen LogP contribution in [0, 0.1) is 0 Å². The largest absolute Gasteiger partial charge is 0.380 e. The first-order valence-electron chi connectivity index (χ1n) is 7.94. The van der Waals surface area contributed by atoms with E-state index >= 15 is 0 Å². The third kappa shape index (κ3) is 4.52. The highest BCUT2D eigenvalue weighted by Gasteiger charge is 2.25. The Morgan fingerprint density at radius 3 is 2.50 bits per heavy atom. The second-order valence-corrected chi connectivity index (χ2v) is 5.74. The standard InChI is InChI=1S/C15H30N2O/c1-2-18-13-12-16-9-7-8-15(14-16)17-10-5-3-4-6-11-17/h15H,2-14H2,1H3/t15-/m1/s1. The molecule has 3 nitrogen and oxygen atoms in total. The lowest BCUT2D eigenvalue weighted by atomic mass is 10.0. The summed E-state index contributed by atoms with van der Waals surface area (Å²) in [7, 11) is 0. The molecule has 106 valence electrons. The van der Waals surface area contributed by atoms with Gasteiger partial charge >= 0.3 is 0 Å². The molecule has 18 heavy (non-hydrogen) atoms. The van der Waals surface area contributed by atoms with E-state index in [9.17, 15) is 0 Å². The average Bonchev–Trinajstić information content (AvgIpc) is 2.68. The molecule has 2 rings (SSSR count). The molecule has 0 aromatic rings. The zero-order valence-corrected chi connectivity index (χ0v) is 12.1. The van der Waals surface area contributed by atoms with Gasteiger partial charge in [-0.25, -0.2) is 0 Å². The molecular formula is C15H30N2O. The molecule has 2 aliphatic heterocycles. The lowest BCUT2D eigenvalue weighted by molar-refractivity contribution is 0.0668. The summed E-state index contributed by atoms with van der Waals surface area (Å²) < 4.78 is 5.48. The fourth-order valence-electron chi connectivity index (χ4n) is 3.33. The molecule has 0 spiro atoms. The van der Waals surface area contributed by atoms with Crippen LogP contribution in [0.4, 0.5) is 0 Å². The van der Waals surface area contributed by atoms with E-state index in [4.69, 9.17) is 4.74 Å². The van der Waals surface area contributed by atoms with Crippen LogP contribution in [0.1, 0.15) is 45.4 Å². The summed E-state index contributed by atoms with van der Waals surface area (Å²) in [5, 5.41) is 0. The van der Waals surface area contributed by atoms with Crippen molar-refractivity contribution >= 4 is 0 Å². The van der Waals surface area contributed by atoms with Crippen LogP contribution in [0.5, 0.6) is 0 Å². The fourth-order valence-corrected chi connectivity index (χ4v) is 3.33. The first kappa shape index (κ1) is 14.3. The first-order chi connectivity index (χ1) is 8.90. The molecule has 0 saturated carbocycles. The Morgan fingerprint density at radius 1 is 1.00 bits per heavy atom. The molecule has 1 atom stereocenters. The van der Waals surface area contributed by atoms with Gasteiger partial charge < -0.3 is 4.74 Å². The van der Waals surface area contributed by atoms with Gasteiger partial charge in [-0.05, 0) is 52.2 Å². The maximum Gasteiger partial charge on any atom is 0.0593 e. The van der Waals surface area contributed by atoms with E-state index in [2.05, 4.69) is 16.7 Å². The smallest absolute Gasteiger partial charge is 0.0593 e. The van der Waals surface area contributed by atoms with Crippen molar-refractivity contribution in [2.24, 2.45) is 0 Å². The van der Waals surface area contributed by atoms with Gasteiger partial charge in [0.15, 0.2) is 0 Å². The topological polar surface area (TPSA) is 15.7 Å². The minimum atomic E-state index is 0.818. The number of hydrogen-bond donors (Lipinski definition) is 0. The van der Waals surface area contributed by atoms with Gasteiger partial charge in [0.05, 0.1) is 6.61 Å². The molecule has 0 aliphatic carbocycles. The van der Waals surface area contributed by atoms with E-state index in [0.29, 0.717) is 0 Å². The lowest BCUT2D eigenvalue weighted by Gasteiger charge is -2.39. The number of piperidine rings is 1. The van der Waals surface area contributed by atoms with Crippen LogP contribution in [-0.2, 0) is 4.74 Å². The monoisotopic (exact) mass is 254 g/mol. The maximum atomic E-state index is 5.48. The Hall–Kier alpha value is -0.120. The van der Waals surface area contributed by atoms with Crippen molar-refractivity contribution in [1.29, 1.82) is 0 Å². The molecule has 3 heteroatoms. The molecule has 0 aromatic heterocycles. The lowest BCUT2D eigenvalue weighted by Crippen LogP contribution is -2.48. The van der Waals surface area contributed by atoms with Crippen molar-refractivity contribution in [3.05, 3.63) is 0 Å². The number of rotatable bonds is 5. The third-order valence-electron chi connectivity index (χ3n) is 4.39. The second-order valence-electron chi connectivity index (χ2n) is 5.74. The van der Waals surface area contributed by atoms with Crippen LogP contribution in [0.15, 0.2) is 0 Å². The summed E-state index contributed by atoms with van der Waals surface area (Å²) >= 11 is 0. The Bertz CT molecular complexity index is 215. The highest BCUT2D eigenvalue weighted by molar-refractivity contribution is 4.81. The number of hydrogen-bond acceptors (Lipinski definition) is 3.